The quantitative estimate of drug-likeness (QED) is 0.522. The Kier molecular flexibility index (Phi) is 11.7. The van der Waals surface area contributed by atoms with Crippen LogP contribution in [-0.2, 0) is 4.79 Å². The molecule has 17 heavy (non-hydrogen) atoms. The van der Waals surface area contributed by atoms with Crippen LogP contribution >= 0.6 is 12.4 Å². The minimum atomic E-state index is -0.383. The van der Waals surface area contributed by atoms with Crippen LogP contribution in [0.1, 0.15) is 46.5 Å². The number of rotatable bonds is 8. The van der Waals surface area contributed by atoms with E-state index in [0.29, 0.717) is 0 Å². The molecular formula is C13H27ClN2O. The predicted octanol–water partition coefficient (Wildman–Crippen LogP) is 2.64. The van der Waals surface area contributed by atoms with Crippen LogP contribution in [0.15, 0.2) is 12.7 Å². The number of hydrogen-bond donors (Lipinski definition) is 2. The van der Waals surface area contributed by atoms with Crippen molar-refractivity contribution in [3.8, 4) is 0 Å². The summed E-state index contributed by atoms with van der Waals surface area (Å²) in [6, 6.07) is -0.186. The van der Waals surface area contributed by atoms with Crippen molar-refractivity contribution < 1.29 is 4.79 Å². The molecule has 0 heterocycles. The SMILES string of the molecule is C=CCCCC(C)NC(=O)C(N)C(C)CC.Cl. The number of unbranched alkanes of at least 4 members (excludes halogenated alkanes) is 1. The number of amides is 1. The highest BCUT2D eigenvalue weighted by Gasteiger charge is 2.20. The van der Waals surface area contributed by atoms with Gasteiger partial charge in [-0.3, -0.25) is 4.79 Å². The standard InChI is InChI=1S/C13H26N2O.ClH/c1-5-7-8-9-11(4)15-13(16)12(14)10(3)6-2;/h5,10-12H,1,6-9,14H2,2-4H3,(H,15,16);1H. The first kappa shape index (κ1) is 18.8. The third-order valence-electron chi connectivity index (χ3n) is 2.99. The third kappa shape index (κ3) is 8.22. The van der Waals surface area contributed by atoms with Crippen LogP contribution in [0.2, 0.25) is 0 Å². The van der Waals surface area contributed by atoms with Gasteiger partial charge in [0.05, 0.1) is 6.04 Å². The van der Waals surface area contributed by atoms with Gasteiger partial charge in [0.15, 0.2) is 0 Å². The number of nitrogens with two attached hydrogens (primary N) is 1. The summed E-state index contributed by atoms with van der Waals surface area (Å²) in [6.45, 7) is 9.75. The van der Waals surface area contributed by atoms with Crippen LogP contribution in [0.25, 0.3) is 0 Å². The van der Waals surface area contributed by atoms with Crippen LogP contribution in [-0.4, -0.2) is 18.0 Å². The lowest BCUT2D eigenvalue weighted by Crippen LogP contribution is -2.47. The molecule has 0 aliphatic rings. The van der Waals surface area contributed by atoms with Gasteiger partial charge in [-0.15, -0.1) is 19.0 Å². The zero-order valence-electron chi connectivity index (χ0n) is 11.2. The van der Waals surface area contributed by atoms with Crippen LogP contribution in [0.4, 0.5) is 0 Å². The molecule has 0 rings (SSSR count). The first-order valence-electron chi connectivity index (χ1n) is 6.19. The second-order valence-corrected chi connectivity index (χ2v) is 4.54. The molecular weight excluding hydrogens is 236 g/mol. The molecule has 0 radical (unpaired) electrons. The second kappa shape index (κ2) is 10.6. The molecule has 0 saturated heterocycles. The largest absolute Gasteiger partial charge is 0.352 e. The third-order valence-corrected chi connectivity index (χ3v) is 2.99. The van der Waals surface area contributed by atoms with Gasteiger partial charge >= 0.3 is 0 Å². The van der Waals surface area contributed by atoms with E-state index in [2.05, 4.69) is 11.9 Å². The molecule has 0 aromatic rings. The van der Waals surface area contributed by atoms with E-state index in [1.165, 1.54) is 0 Å². The average molecular weight is 263 g/mol. The fourth-order valence-electron chi connectivity index (χ4n) is 1.49. The zero-order chi connectivity index (χ0) is 12.6. The minimum Gasteiger partial charge on any atom is -0.352 e. The minimum absolute atomic E-state index is 0. The normalized spacial score (nSPS) is 15.3. The molecule has 0 bridgehead atoms. The lowest BCUT2D eigenvalue weighted by atomic mass is 9.99. The fourth-order valence-corrected chi connectivity index (χ4v) is 1.49. The van der Waals surface area contributed by atoms with Crippen molar-refractivity contribution in [2.45, 2.75) is 58.5 Å². The number of carbonyl (C=O) groups is 1. The van der Waals surface area contributed by atoms with Crippen molar-refractivity contribution in [1.29, 1.82) is 0 Å². The molecule has 3 nitrogen and oxygen atoms in total. The number of allylic oxidation sites excluding steroid dienone is 1. The van der Waals surface area contributed by atoms with Gasteiger partial charge in [0.2, 0.25) is 5.91 Å². The summed E-state index contributed by atoms with van der Waals surface area (Å²) in [5, 5.41) is 2.96. The fraction of sp³-hybridized carbons (Fsp3) is 0.769. The molecule has 0 aromatic heterocycles. The first-order valence-corrected chi connectivity index (χ1v) is 6.19. The molecule has 3 unspecified atom stereocenters. The summed E-state index contributed by atoms with van der Waals surface area (Å²) >= 11 is 0. The Morgan fingerprint density at radius 3 is 2.53 bits per heavy atom. The van der Waals surface area contributed by atoms with E-state index in [1.807, 2.05) is 26.8 Å². The summed E-state index contributed by atoms with van der Waals surface area (Å²) in [4.78, 5) is 11.7. The second-order valence-electron chi connectivity index (χ2n) is 4.54. The molecule has 0 aliphatic carbocycles. The van der Waals surface area contributed by atoms with Gasteiger partial charge in [0, 0.05) is 6.04 Å². The van der Waals surface area contributed by atoms with Gasteiger partial charge in [-0.1, -0.05) is 26.3 Å². The van der Waals surface area contributed by atoms with Crippen molar-refractivity contribution >= 4 is 18.3 Å². The number of halogens is 1. The predicted molar refractivity (Wildman–Crippen MR) is 76.3 cm³/mol. The maximum Gasteiger partial charge on any atom is 0.237 e. The Balaban J connectivity index is 0. The Bertz CT molecular complexity index is 221. The van der Waals surface area contributed by atoms with Crippen molar-refractivity contribution in [1.82, 2.24) is 5.32 Å². The zero-order valence-corrected chi connectivity index (χ0v) is 12.1. The van der Waals surface area contributed by atoms with Gasteiger partial charge in [0.1, 0.15) is 0 Å². The highest BCUT2D eigenvalue weighted by molar-refractivity contribution is 5.85. The maximum absolute atomic E-state index is 11.7. The summed E-state index contributed by atoms with van der Waals surface area (Å²) in [6.07, 6.45) is 5.87. The van der Waals surface area contributed by atoms with E-state index in [-0.39, 0.29) is 36.3 Å². The Hall–Kier alpha value is -0.540. The van der Waals surface area contributed by atoms with Gasteiger partial charge < -0.3 is 11.1 Å². The van der Waals surface area contributed by atoms with Gasteiger partial charge in [-0.05, 0) is 32.1 Å². The molecule has 0 saturated carbocycles. The Morgan fingerprint density at radius 2 is 2.06 bits per heavy atom. The molecule has 3 N–H and O–H groups in total. The smallest absolute Gasteiger partial charge is 0.237 e. The molecule has 1 amide bonds. The first-order chi connectivity index (χ1) is 7.52. The molecule has 0 spiro atoms. The number of nitrogens with one attached hydrogen (secondary N) is 1. The van der Waals surface area contributed by atoms with E-state index >= 15 is 0 Å². The summed E-state index contributed by atoms with van der Waals surface area (Å²) < 4.78 is 0. The van der Waals surface area contributed by atoms with Crippen LogP contribution in [0, 0.1) is 5.92 Å². The van der Waals surface area contributed by atoms with E-state index in [1.54, 1.807) is 0 Å². The number of carbonyl (C=O) groups excluding carboxylic acids is 1. The summed E-state index contributed by atoms with van der Waals surface area (Å²) in [7, 11) is 0. The van der Waals surface area contributed by atoms with Crippen LogP contribution in [0.3, 0.4) is 0 Å². The van der Waals surface area contributed by atoms with Crippen LogP contribution in [0.5, 0.6) is 0 Å². The summed E-state index contributed by atoms with van der Waals surface area (Å²) in [5.74, 6) is 0.209. The number of hydrogen-bond acceptors (Lipinski definition) is 2. The van der Waals surface area contributed by atoms with E-state index < -0.39 is 0 Å². The highest BCUT2D eigenvalue weighted by Crippen LogP contribution is 2.06. The van der Waals surface area contributed by atoms with Gasteiger partial charge in [0.25, 0.3) is 0 Å². The topological polar surface area (TPSA) is 55.1 Å². The van der Waals surface area contributed by atoms with Gasteiger partial charge in [-0.25, -0.2) is 0 Å². The molecule has 4 heteroatoms. The highest BCUT2D eigenvalue weighted by atomic mass is 35.5. The lowest BCUT2D eigenvalue weighted by Gasteiger charge is -2.21. The molecule has 3 atom stereocenters. The van der Waals surface area contributed by atoms with Crippen molar-refractivity contribution in [3.05, 3.63) is 12.7 Å². The molecule has 0 fully saturated rings. The Morgan fingerprint density at radius 1 is 1.47 bits per heavy atom. The maximum atomic E-state index is 11.7. The van der Waals surface area contributed by atoms with E-state index in [9.17, 15) is 4.79 Å². The molecule has 102 valence electrons. The summed E-state index contributed by atoms with van der Waals surface area (Å²) in [5.41, 5.74) is 5.85. The molecule has 0 aliphatic heterocycles. The van der Waals surface area contributed by atoms with Crippen molar-refractivity contribution in [2.24, 2.45) is 11.7 Å². The van der Waals surface area contributed by atoms with E-state index in [0.717, 1.165) is 25.7 Å². The average Bonchev–Trinajstić information content (AvgIpc) is 2.27. The Labute approximate surface area is 112 Å². The van der Waals surface area contributed by atoms with Crippen LogP contribution < -0.4 is 11.1 Å². The lowest BCUT2D eigenvalue weighted by molar-refractivity contribution is -0.124. The van der Waals surface area contributed by atoms with Gasteiger partial charge in [-0.2, -0.15) is 0 Å². The van der Waals surface area contributed by atoms with Crippen molar-refractivity contribution in [3.63, 3.8) is 0 Å². The van der Waals surface area contributed by atoms with E-state index in [4.69, 9.17) is 5.73 Å². The molecule has 0 aromatic carbocycles. The monoisotopic (exact) mass is 262 g/mol. The van der Waals surface area contributed by atoms with Crippen molar-refractivity contribution in [2.75, 3.05) is 0 Å².